The lowest BCUT2D eigenvalue weighted by Gasteiger charge is -2.55. The molecule has 6 heteroatoms. The Bertz CT molecular complexity index is 684. The first kappa shape index (κ1) is 17.9. The van der Waals surface area contributed by atoms with Crippen LogP contribution in [0.1, 0.15) is 60.9 Å². The van der Waals surface area contributed by atoms with E-state index in [0.29, 0.717) is 0 Å². The normalized spacial score (nSPS) is 32.5. The number of hydroxylamine groups is 1. The summed E-state index contributed by atoms with van der Waals surface area (Å²) in [5.41, 5.74) is 1.39. The van der Waals surface area contributed by atoms with E-state index in [9.17, 15) is 13.6 Å². The van der Waals surface area contributed by atoms with Crippen LogP contribution in [0.25, 0.3) is 0 Å². The van der Waals surface area contributed by atoms with E-state index >= 15 is 0 Å². The van der Waals surface area contributed by atoms with E-state index in [1.54, 1.807) is 0 Å². The summed E-state index contributed by atoms with van der Waals surface area (Å²) < 4.78 is 28.4. The molecule has 1 aromatic rings. The van der Waals surface area contributed by atoms with E-state index in [0.717, 1.165) is 36.4 Å². The third kappa shape index (κ3) is 3.25. The molecule has 4 nitrogen and oxygen atoms in total. The molecule has 3 saturated carbocycles. The smallest absolute Gasteiger partial charge is 0.274 e. The van der Waals surface area contributed by atoms with Gasteiger partial charge in [0.1, 0.15) is 11.6 Å². The predicted octanol–water partition coefficient (Wildman–Crippen LogP) is 3.78. The Morgan fingerprint density at radius 2 is 1.92 bits per heavy atom. The molecule has 0 spiro atoms. The highest BCUT2D eigenvalue weighted by Crippen LogP contribution is 2.57. The quantitative estimate of drug-likeness (QED) is 0.550. The van der Waals surface area contributed by atoms with Crippen molar-refractivity contribution in [2.45, 2.75) is 51.5 Å². The van der Waals surface area contributed by atoms with Crippen molar-refractivity contribution in [1.82, 2.24) is 10.8 Å². The number of amides is 1. The third-order valence-electron chi connectivity index (χ3n) is 7.02. The molecule has 0 saturated heterocycles. The molecule has 1 aromatic carbocycles. The number of benzene rings is 1. The Kier molecular flexibility index (Phi) is 4.73. The molecule has 1 amide bonds. The lowest BCUT2D eigenvalue weighted by atomic mass is 9.51. The minimum atomic E-state index is -0.924. The van der Waals surface area contributed by atoms with Crippen molar-refractivity contribution < 1.29 is 18.8 Å². The van der Waals surface area contributed by atoms with E-state index in [2.05, 4.69) is 5.32 Å². The number of fused-ring (bicyclic) bond motifs is 2. The SMILES string of the molecule is O=C(NO)c1cc(F)c(CNCC23CCC4CCC(CC4C2)C3)c(F)c1. The maximum atomic E-state index is 14.2. The standard InChI is InChI=1S/C20H26F2N2O2/c21-17-6-14(19(25)24-26)7-18(22)16(17)10-23-11-20-4-3-13-2-1-12(8-20)5-15(13)9-20/h6-7,12-13,15,23,26H,1-5,8-11H2,(H,24,25). The molecular weight excluding hydrogens is 338 g/mol. The Hall–Kier alpha value is -1.53. The van der Waals surface area contributed by atoms with Gasteiger partial charge in [0.25, 0.3) is 5.91 Å². The fourth-order valence-electron chi connectivity index (χ4n) is 5.84. The fourth-order valence-corrected chi connectivity index (χ4v) is 5.84. The second-order valence-electron chi connectivity index (χ2n) is 8.61. The first-order valence-electron chi connectivity index (χ1n) is 9.63. The van der Waals surface area contributed by atoms with E-state index < -0.39 is 17.5 Å². The van der Waals surface area contributed by atoms with Gasteiger partial charge in [0, 0.05) is 24.2 Å². The van der Waals surface area contributed by atoms with Gasteiger partial charge in [-0.15, -0.1) is 0 Å². The highest BCUT2D eigenvalue weighted by atomic mass is 19.1. The molecule has 3 aliphatic rings. The summed E-state index contributed by atoms with van der Waals surface area (Å²) in [5.74, 6) is 0.127. The predicted molar refractivity (Wildman–Crippen MR) is 92.5 cm³/mol. The Labute approximate surface area is 152 Å². The molecule has 3 fully saturated rings. The minimum absolute atomic E-state index is 0.0550. The second kappa shape index (κ2) is 6.89. The van der Waals surface area contributed by atoms with Crippen LogP contribution in [-0.2, 0) is 6.54 Å². The molecule has 0 radical (unpaired) electrons. The van der Waals surface area contributed by atoms with Crippen LogP contribution in [0.4, 0.5) is 8.78 Å². The molecule has 4 atom stereocenters. The van der Waals surface area contributed by atoms with Crippen LogP contribution in [0.2, 0.25) is 0 Å². The molecule has 3 N–H and O–H groups in total. The van der Waals surface area contributed by atoms with Crippen LogP contribution in [-0.4, -0.2) is 17.7 Å². The van der Waals surface area contributed by atoms with Crippen LogP contribution in [0, 0.1) is 34.8 Å². The molecule has 3 bridgehead atoms. The third-order valence-corrected chi connectivity index (χ3v) is 7.02. The summed E-state index contributed by atoms with van der Waals surface area (Å²) in [5, 5.41) is 11.9. The van der Waals surface area contributed by atoms with E-state index in [1.807, 2.05) is 0 Å². The Morgan fingerprint density at radius 1 is 1.15 bits per heavy atom. The minimum Gasteiger partial charge on any atom is -0.312 e. The van der Waals surface area contributed by atoms with Gasteiger partial charge in [-0.3, -0.25) is 10.0 Å². The van der Waals surface area contributed by atoms with Gasteiger partial charge in [0.05, 0.1) is 0 Å². The molecule has 0 heterocycles. The van der Waals surface area contributed by atoms with Crippen LogP contribution < -0.4 is 10.8 Å². The Morgan fingerprint density at radius 3 is 2.65 bits per heavy atom. The number of hydrogen-bond donors (Lipinski definition) is 3. The number of rotatable bonds is 5. The molecule has 4 unspecified atom stereocenters. The summed E-state index contributed by atoms with van der Waals surface area (Å²) in [6.45, 7) is 0.906. The second-order valence-corrected chi connectivity index (χ2v) is 8.61. The van der Waals surface area contributed by atoms with Gasteiger partial charge in [-0.25, -0.2) is 14.3 Å². The maximum Gasteiger partial charge on any atom is 0.274 e. The molecule has 26 heavy (non-hydrogen) atoms. The summed E-state index contributed by atoms with van der Waals surface area (Å²) in [6.07, 6.45) is 9.13. The molecule has 0 aliphatic heterocycles. The van der Waals surface area contributed by atoms with Gasteiger partial charge < -0.3 is 5.32 Å². The summed E-state index contributed by atoms with van der Waals surface area (Å²) >= 11 is 0. The molecular formula is C20H26F2N2O2. The highest BCUT2D eigenvalue weighted by Gasteiger charge is 2.48. The molecule has 3 aliphatic carbocycles. The monoisotopic (exact) mass is 364 g/mol. The van der Waals surface area contributed by atoms with E-state index in [1.165, 1.54) is 50.4 Å². The first-order chi connectivity index (χ1) is 12.5. The zero-order chi connectivity index (χ0) is 18.3. The van der Waals surface area contributed by atoms with Gasteiger partial charge in [0.15, 0.2) is 0 Å². The van der Waals surface area contributed by atoms with Gasteiger partial charge >= 0.3 is 0 Å². The van der Waals surface area contributed by atoms with Crippen molar-refractivity contribution in [3.8, 4) is 0 Å². The number of carbonyl (C=O) groups is 1. The fraction of sp³-hybridized carbons (Fsp3) is 0.650. The zero-order valence-corrected chi connectivity index (χ0v) is 14.9. The van der Waals surface area contributed by atoms with Crippen LogP contribution in [0.15, 0.2) is 12.1 Å². The van der Waals surface area contributed by atoms with Gasteiger partial charge in [-0.2, -0.15) is 0 Å². The first-order valence-corrected chi connectivity index (χ1v) is 9.63. The van der Waals surface area contributed by atoms with Crippen molar-refractivity contribution in [3.63, 3.8) is 0 Å². The van der Waals surface area contributed by atoms with Gasteiger partial charge in [-0.1, -0.05) is 6.42 Å². The van der Waals surface area contributed by atoms with Crippen LogP contribution in [0.5, 0.6) is 0 Å². The van der Waals surface area contributed by atoms with Crippen molar-refractivity contribution in [3.05, 3.63) is 34.9 Å². The average molecular weight is 364 g/mol. The molecule has 0 aromatic heterocycles. The number of hydrogen-bond acceptors (Lipinski definition) is 3. The number of halogens is 2. The van der Waals surface area contributed by atoms with Crippen molar-refractivity contribution >= 4 is 5.91 Å². The topological polar surface area (TPSA) is 61.4 Å². The average Bonchev–Trinajstić information content (AvgIpc) is 2.61. The lowest BCUT2D eigenvalue weighted by Crippen LogP contribution is -2.48. The van der Waals surface area contributed by atoms with Gasteiger partial charge in [-0.05, 0) is 73.8 Å². The van der Waals surface area contributed by atoms with Crippen molar-refractivity contribution in [2.24, 2.45) is 23.2 Å². The van der Waals surface area contributed by atoms with Crippen molar-refractivity contribution in [1.29, 1.82) is 0 Å². The summed E-state index contributed by atoms with van der Waals surface area (Å²) in [6, 6.07) is 1.92. The van der Waals surface area contributed by atoms with Crippen LogP contribution >= 0.6 is 0 Å². The zero-order valence-electron chi connectivity index (χ0n) is 14.9. The van der Waals surface area contributed by atoms with Gasteiger partial charge in [0.2, 0.25) is 0 Å². The summed E-state index contributed by atoms with van der Waals surface area (Å²) in [7, 11) is 0. The summed E-state index contributed by atoms with van der Waals surface area (Å²) in [4.78, 5) is 11.3. The van der Waals surface area contributed by atoms with E-state index in [4.69, 9.17) is 5.21 Å². The molecule has 4 rings (SSSR count). The van der Waals surface area contributed by atoms with Crippen molar-refractivity contribution in [2.75, 3.05) is 6.54 Å². The van der Waals surface area contributed by atoms with E-state index in [-0.39, 0.29) is 23.1 Å². The van der Waals surface area contributed by atoms with Crippen LogP contribution in [0.3, 0.4) is 0 Å². The highest BCUT2D eigenvalue weighted by molar-refractivity contribution is 5.93. The molecule has 142 valence electrons. The Balaban J connectivity index is 1.41. The lowest BCUT2D eigenvalue weighted by molar-refractivity contribution is -0.0334. The maximum absolute atomic E-state index is 14.2. The number of nitrogens with one attached hydrogen (secondary N) is 2. The number of carbonyl (C=O) groups excluding carboxylic acids is 1. The largest absolute Gasteiger partial charge is 0.312 e.